The van der Waals surface area contributed by atoms with Crippen molar-refractivity contribution in [1.82, 2.24) is 4.90 Å². The third-order valence-corrected chi connectivity index (χ3v) is 3.79. The first-order chi connectivity index (χ1) is 9.74. The van der Waals surface area contributed by atoms with Crippen molar-refractivity contribution in [2.75, 3.05) is 13.1 Å². The first-order valence-electron chi connectivity index (χ1n) is 7.59. The molecule has 0 spiro atoms. The van der Waals surface area contributed by atoms with Crippen molar-refractivity contribution >= 4 is 5.96 Å². The van der Waals surface area contributed by atoms with Crippen molar-refractivity contribution in [2.45, 2.75) is 45.2 Å². The molecule has 1 aromatic rings. The number of likely N-dealkylation sites (tertiary alicyclic amines) is 1. The van der Waals surface area contributed by atoms with Gasteiger partial charge in [0.15, 0.2) is 5.96 Å². The molecule has 1 aliphatic heterocycles. The van der Waals surface area contributed by atoms with E-state index in [4.69, 9.17) is 11.5 Å². The summed E-state index contributed by atoms with van der Waals surface area (Å²) >= 11 is 0. The number of hydrogen-bond acceptors (Lipinski definition) is 2. The van der Waals surface area contributed by atoms with E-state index in [1.165, 1.54) is 56.3 Å². The number of nitrogens with two attached hydrogens (primary N) is 2. The Morgan fingerprint density at radius 3 is 2.35 bits per heavy atom. The zero-order chi connectivity index (χ0) is 14.2. The van der Waals surface area contributed by atoms with Crippen molar-refractivity contribution in [3.63, 3.8) is 0 Å². The van der Waals surface area contributed by atoms with Crippen LogP contribution in [-0.2, 0) is 13.1 Å². The highest BCUT2D eigenvalue weighted by Gasteiger charge is 2.08. The van der Waals surface area contributed by atoms with Crippen LogP contribution in [-0.4, -0.2) is 23.9 Å². The van der Waals surface area contributed by atoms with Crippen LogP contribution >= 0.6 is 0 Å². The zero-order valence-corrected chi connectivity index (χ0v) is 12.2. The summed E-state index contributed by atoms with van der Waals surface area (Å²) in [6, 6.07) is 8.57. The van der Waals surface area contributed by atoms with E-state index in [-0.39, 0.29) is 5.96 Å². The van der Waals surface area contributed by atoms with Crippen LogP contribution in [0.5, 0.6) is 0 Å². The largest absolute Gasteiger partial charge is 0.370 e. The SMILES string of the molecule is NC(N)=NCc1cccc(CN2CCCCCCC2)c1. The molecule has 0 bridgehead atoms. The molecule has 0 aromatic heterocycles. The summed E-state index contributed by atoms with van der Waals surface area (Å²) in [7, 11) is 0. The minimum atomic E-state index is 0.152. The van der Waals surface area contributed by atoms with E-state index in [0.717, 1.165) is 6.54 Å². The van der Waals surface area contributed by atoms with Crippen LogP contribution in [0.15, 0.2) is 29.3 Å². The van der Waals surface area contributed by atoms with Gasteiger partial charge in [0.25, 0.3) is 0 Å². The summed E-state index contributed by atoms with van der Waals surface area (Å²) in [5.74, 6) is 0.152. The molecule has 0 atom stereocenters. The Hall–Kier alpha value is -1.55. The van der Waals surface area contributed by atoms with E-state index in [0.29, 0.717) is 6.54 Å². The van der Waals surface area contributed by atoms with Gasteiger partial charge in [-0.05, 0) is 37.1 Å². The van der Waals surface area contributed by atoms with Gasteiger partial charge in [-0.1, -0.05) is 43.5 Å². The van der Waals surface area contributed by atoms with E-state index >= 15 is 0 Å². The normalized spacial score (nSPS) is 17.2. The average molecular weight is 274 g/mol. The van der Waals surface area contributed by atoms with E-state index in [9.17, 15) is 0 Å². The Kier molecular flexibility index (Phi) is 5.87. The summed E-state index contributed by atoms with van der Waals surface area (Å²) in [5.41, 5.74) is 13.3. The van der Waals surface area contributed by atoms with Gasteiger partial charge < -0.3 is 11.5 Å². The van der Waals surface area contributed by atoms with Gasteiger partial charge in [-0.15, -0.1) is 0 Å². The highest BCUT2D eigenvalue weighted by molar-refractivity contribution is 5.75. The summed E-state index contributed by atoms with van der Waals surface area (Å²) in [5, 5.41) is 0. The van der Waals surface area contributed by atoms with Gasteiger partial charge in [-0.25, -0.2) is 4.99 Å². The van der Waals surface area contributed by atoms with E-state index in [1.807, 2.05) is 0 Å². The van der Waals surface area contributed by atoms with Gasteiger partial charge in [0.05, 0.1) is 6.54 Å². The smallest absolute Gasteiger partial charge is 0.186 e. The van der Waals surface area contributed by atoms with Gasteiger partial charge in [-0.3, -0.25) is 4.90 Å². The van der Waals surface area contributed by atoms with E-state index in [2.05, 4.69) is 34.2 Å². The number of hydrogen-bond donors (Lipinski definition) is 2. The molecule has 1 aromatic carbocycles. The van der Waals surface area contributed by atoms with Crippen LogP contribution in [0.25, 0.3) is 0 Å². The predicted octanol–water partition coefficient (Wildman–Crippen LogP) is 2.23. The first kappa shape index (κ1) is 14.9. The quantitative estimate of drug-likeness (QED) is 0.653. The predicted molar refractivity (Wildman–Crippen MR) is 84.3 cm³/mol. The van der Waals surface area contributed by atoms with Crippen molar-refractivity contribution in [3.05, 3.63) is 35.4 Å². The number of guanidine groups is 1. The number of benzene rings is 1. The maximum Gasteiger partial charge on any atom is 0.186 e. The Morgan fingerprint density at radius 2 is 1.65 bits per heavy atom. The van der Waals surface area contributed by atoms with Crippen LogP contribution in [0.4, 0.5) is 0 Å². The highest BCUT2D eigenvalue weighted by Crippen LogP contribution is 2.14. The molecule has 1 saturated heterocycles. The Labute approximate surface area is 121 Å². The molecular weight excluding hydrogens is 248 g/mol. The van der Waals surface area contributed by atoms with Gasteiger partial charge in [0.2, 0.25) is 0 Å². The molecule has 2 rings (SSSR count). The number of aliphatic imine (C=N–C) groups is 1. The maximum atomic E-state index is 5.38. The molecule has 0 unspecified atom stereocenters. The fourth-order valence-corrected chi connectivity index (χ4v) is 2.74. The minimum Gasteiger partial charge on any atom is -0.370 e. The topological polar surface area (TPSA) is 67.6 Å². The molecule has 1 heterocycles. The molecule has 0 aliphatic carbocycles. The molecule has 4 heteroatoms. The third kappa shape index (κ3) is 5.21. The Bertz CT molecular complexity index is 430. The lowest BCUT2D eigenvalue weighted by Crippen LogP contribution is -2.26. The standard InChI is InChI=1S/C16H26N4/c17-16(18)19-12-14-7-6-8-15(11-14)13-20-9-4-2-1-3-5-10-20/h6-8,11H,1-5,9-10,12-13H2,(H4,17,18,19). The van der Waals surface area contributed by atoms with Gasteiger partial charge in [-0.2, -0.15) is 0 Å². The highest BCUT2D eigenvalue weighted by atomic mass is 15.1. The summed E-state index contributed by atoms with van der Waals surface area (Å²) in [6.45, 7) is 4.04. The van der Waals surface area contributed by atoms with Gasteiger partial charge >= 0.3 is 0 Å². The molecule has 0 saturated carbocycles. The number of nitrogens with zero attached hydrogens (tertiary/aromatic N) is 2. The summed E-state index contributed by atoms with van der Waals surface area (Å²) < 4.78 is 0. The molecule has 20 heavy (non-hydrogen) atoms. The second kappa shape index (κ2) is 7.90. The maximum absolute atomic E-state index is 5.38. The lowest BCUT2D eigenvalue weighted by Gasteiger charge is -2.24. The Balaban J connectivity index is 1.94. The lowest BCUT2D eigenvalue weighted by atomic mass is 10.1. The summed E-state index contributed by atoms with van der Waals surface area (Å²) in [4.78, 5) is 6.64. The lowest BCUT2D eigenvalue weighted by molar-refractivity contribution is 0.240. The van der Waals surface area contributed by atoms with Crippen molar-refractivity contribution in [3.8, 4) is 0 Å². The van der Waals surface area contributed by atoms with Gasteiger partial charge in [0.1, 0.15) is 0 Å². The zero-order valence-electron chi connectivity index (χ0n) is 12.2. The molecule has 0 amide bonds. The van der Waals surface area contributed by atoms with Gasteiger partial charge in [0, 0.05) is 6.54 Å². The monoisotopic (exact) mass is 274 g/mol. The fraction of sp³-hybridized carbons (Fsp3) is 0.562. The van der Waals surface area contributed by atoms with Crippen LogP contribution in [0.2, 0.25) is 0 Å². The van der Waals surface area contributed by atoms with Crippen LogP contribution < -0.4 is 11.5 Å². The molecule has 0 radical (unpaired) electrons. The fourth-order valence-electron chi connectivity index (χ4n) is 2.74. The molecular formula is C16H26N4. The third-order valence-electron chi connectivity index (χ3n) is 3.79. The second-order valence-corrected chi connectivity index (χ2v) is 5.60. The molecule has 4 N–H and O–H groups in total. The van der Waals surface area contributed by atoms with Crippen LogP contribution in [0, 0.1) is 0 Å². The molecule has 110 valence electrons. The van der Waals surface area contributed by atoms with Crippen molar-refractivity contribution < 1.29 is 0 Å². The number of rotatable bonds is 4. The van der Waals surface area contributed by atoms with Crippen molar-refractivity contribution in [2.24, 2.45) is 16.5 Å². The second-order valence-electron chi connectivity index (χ2n) is 5.60. The molecule has 4 nitrogen and oxygen atoms in total. The van der Waals surface area contributed by atoms with E-state index in [1.54, 1.807) is 0 Å². The average Bonchev–Trinajstić information content (AvgIpc) is 2.40. The summed E-state index contributed by atoms with van der Waals surface area (Å²) in [6.07, 6.45) is 6.81. The van der Waals surface area contributed by atoms with E-state index < -0.39 is 0 Å². The Morgan fingerprint density at radius 1 is 1.00 bits per heavy atom. The van der Waals surface area contributed by atoms with Crippen LogP contribution in [0.1, 0.15) is 43.2 Å². The molecule has 1 aliphatic rings. The molecule has 1 fully saturated rings. The first-order valence-corrected chi connectivity index (χ1v) is 7.59. The minimum absolute atomic E-state index is 0.152. The van der Waals surface area contributed by atoms with Crippen LogP contribution in [0.3, 0.4) is 0 Å². The van der Waals surface area contributed by atoms with Crippen molar-refractivity contribution in [1.29, 1.82) is 0 Å².